The predicted molar refractivity (Wildman–Crippen MR) is 97.8 cm³/mol. The molecule has 2 aromatic rings. The number of nitrogens with zero attached hydrogens (tertiary/aromatic N) is 4. The highest BCUT2D eigenvalue weighted by Gasteiger charge is 2.26. The van der Waals surface area contributed by atoms with Crippen LogP contribution < -0.4 is 0 Å². The van der Waals surface area contributed by atoms with Crippen molar-refractivity contribution < 1.29 is 4.79 Å². The Labute approximate surface area is 152 Å². The zero-order valence-electron chi connectivity index (χ0n) is 11.9. The highest BCUT2D eigenvalue weighted by atomic mass is 35.5. The van der Waals surface area contributed by atoms with Gasteiger partial charge < -0.3 is 0 Å². The number of carbonyl (C=O) groups excluding carboxylic acids is 1. The Morgan fingerprint density at radius 3 is 2.87 bits per heavy atom. The maximum atomic E-state index is 11.7. The fourth-order valence-electron chi connectivity index (χ4n) is 2.01. The SMILES string of the molecule is Cc1nn(-c2cccc(Cl)c2)c(Cl)c1C=NN1C(=O)CSC1=S. The summed E-state index contributed by atoms with van der Waals surface area (Å²) in [6, 6.07) is 7.20. The normalized spacial score (nSPS) is 15.2. The molecule has 0 radical (unpaired) electrons. The average Bonchev–Trinajstić information content (AvgIpc) is 2.98. The van der Waals surface area contributed by atoms with Gasteiger partial charge in [0.2, 0.25) is 0 Å². The highest BCUT2D eigenvalue weighted by molar-refractivity contribution is 8.23. The van der Waals surface area contributed by atoms with Crippen LogP contribution in [0.15, 0.2) is 29.4 Å². The number of amides is 1. The average molecular weight is 385 g/mol. The molecule has 1 aliphatic rings. The Kier molecular flexibility index (Phi) is 4.72. The standard InChI is InChI=1S/C14H10Cl2N4OS2/c1-8-11(6-17-20-12(21)7-23-14(20)22)13(16)19(18-8)10-4-2-3-9(15)5-10/h2-6H,7H2,1H3. The van der Waals surface area contributed by atoms with Crippen molar-refractivity contribution in [3.63, 3.8) is 0 Å². The van der Waals surface area contributed by atoms with E-state index in [9.17, 15) is 4.79 Å². The summed E-state index contributed by atoms with van der Waals surface area (Å²) in [5.41, 5.74) is 2.05. The van der Waals surface area contributed by atoms with E-state index in [1.165, 1.54) is 23.0 Å². The van der Waals surface area contributed by atoms with Gasteiger partial charge in [-0.15, -0.1) is 0 Å². The molecule has 1 aromatic heterocycles. The third kappa shape index (κ3) is 3.28. The molecule has 0 bridgehead atoms. The number of hydrogen-bond donors (Lipinski definition) is 0. The Morgan fingerprint density at radius 2 is 2.22 bits per heavy atom. The van der Waals surface area contributed by atoms with Crippen molar-refractivity contribution in [3.05, 3.63) is 45.7 Å². The van der Waals surface area contributed by atoms with Gasteiger partial charge in [0.1, 0.15) is 5.15 Å². The van der Waals surface area contributed by atoms with Crippen LogP contribution in [0.3, 0.4) is 0 Å². The molecule has 0 unspecified atom stereocenters. The Morgan fingerprint density at radius 1 is 1.43 bits per heavy atom. The van der Waals surface area contributed by atoms with E-state index in [1.807, 2.05) is 19.1 Å². The van der Waals surface area contributed by atoms with E-state index in [1.54, 1.807) is 16.8 Å². The minimum absolute atomic E-state index is 0.146. The first-order valence-electron chi connectivity index (χ1n) is 6.52. The van der Waals surface area contributed by atoms with Crippen LogP contribution in [0.5, 0.6) is 0 Å². The highest BCUT2D eigenvalue weighted by Crippen LogP contribution is 2.25. The van der Waals surface area contributed by atoms with Gasteiger partial charge in [0.25, 0.3) is 5.91 Å². The minimum atomic E-state index is -0.146. The molecule has 118 valence electrons. The van der Waals surface area contributed by atoms with E-state index in [4.69, 9.17) is 35.4 Å². The van der Waals surface area contributed by atoms with Crippen LogP contribution in [0, 0.1) is 6.92 Å². The van der Waals surface area contributed by atoms with Crippen LogP contribution in [0.1, 0.15) is 11.3 Å². The molecular formula is C14H10Cl2N4OS2. The molecule has 9 heteroatoms. The lowest BCUT2D eigenvalue weighted by Crippen LogP contribution is -2.22. The van der Waals surface area contributed by atoms with Crippen LogP contribution in [0.25, 0.3) is 5.69 Å². The molecule has 0 N–H and O–H groups in total. The van der Waals surface area contributed by atoms with Crippen molar-refractivity contribution in [3.8, 4) is 5.69 Å². The molecule has 0 saturated carbocycles. The molecular weight excluding hydrogens is 375 g/mol. The lowest BCUT2D eigenvalue weighted by atomic mass is 10.3. The second-order valence-corrected chi connectivity index (χ2v) is 7.09. The van der Waals surface area contributed by atoms with E-state index < -0.39 is 0 Å². The van der Waals surface area contributed by atoms with Crippen molar-refractivity contribution in [2.24, 2.45) is 5.10 Å². The summed E-state index contributed by atoms with van der Waals surface area (Å²) in [6.45, 7) is 1.81. The number of hydrazone groups is 1. The molecule has 1 fully saturated rings. The van der Waals surface area contributed by atoms with Gasteiger partial charge in [-0.05, 0) is 25.1 Å². The summed E-state index contributed by atoms with van der Waals surface area (Å²) in [7, 11) is 0. The number of thioether (sulfide) groups is 1. The van der Waals surface area contributed by atoms with Gasteiger partial charge in [0, 0.05) is 5.02 Å². The van der Waals surface area contributed by atoms with Gasteiger partial charge in [-0.3, -0.25) is 4.79 Å². The van der Waals surface area contributed by atoms with Crippen LogP contribution in [0.4, 0.5) is 0 Å². The van der Waals surface area contributed by atoms with Gasteiger partial charge in [0.05, 0.1) is 28.9 Å². The molecule has 0 atom stereocenters. The molecule has 23 heavy (non-hydrogen) atoms. The van der Waals surface area contributed by atoms with Gasteiger partial charge in [-0.2, -0.15) is 15.2 Å². The molecule has 0 aliphatic carbocycles. The Balaban J connectivity index is 1.95. The van der Waals surface area contributed by atoms with Crippen LogP contribution in [-0.2, 0) is 4.79 Å². The van der Waals surface area contributed by atoms with Gasteiger partial charge in [-0.25, -0.2) is 4.68 Å². The molecule has 1 amide bonds. The summed E-state index contributed by atoms with van der Waals surface area (Å²) in [4.78, 5) is 11.7. The van der Waals surface area contributed by atoms with Crippen molar-refractivity contribution in [2.75, 3.05) is 5.75 Å². The number of aromatic nitrogens is 2. The number of hydrogen-bond acceptors (Lipinski definition) is 5. The molecule has 5 nitrogen and oxygen atoms in total. The number of aryl methyl sites for hydroxylation is 1. The second-order valence-electron chi connectivity index (χ2n) is 4.69. The maximum Gasteiger partial charge on any atom is 0.259 e. The lowest BCUT2D eigenvalue weighted by Gasteiger charge is -2.06. The van der Waals surface area contributed by atoms with Crippen LogP contribution >= 0.6 is 47.2 Å². The maximum absolute atomic E-state index is 11.7. The van der Waals surface area contributed by atoms with E-state index in [-0.39, 0.29) is 5.91 Å². The van der Waals surface area contributed by atoms with Crippen molar-refractivity contribution in [1.29, 1.82) is 0 Å². The first kappa shape index (κ1) is 16.4. The molecule has 0 spiro atoms. The minimum Gasteiger partial charge on any atom is -0.272 e. The number of rotatable bonds is 3. The van der Waals surface area contributed by atoms with E-state index in [0.29, 0.717) is 31.5 Å². The largest absolute Gasteiger partial charge is 0.272 e. The Bertz CT molecular complexity index is 818. The van der Waals surface area contributed by atoms with Crippen LogP contribution in [0.2, 0.25) is 10.2 Å². The smallest absolute Gasteiger partial charge is 0.259 e. The molecule has 1 aromatic carbocycles. The topological polar surface area (TPSA) is 50.5 Å². The number of benzene rings is 1. The van der Waals surface area contributed by atoms with E-state index >= 15 is 0 Å². The number of halogens is 2. The molecule has 1 aliphatic heterocycles. The first-order chi connectivity index (χ1) is 11.0. The summed E-state index contributed by atoms with van der Waals surface area (Å²) in [5.74, 6) is 0.164. The first-order valence-corrected chi connectivity index (χ1v) is 8.67. The van der Waals surface area contributed by atoms with Gasteiger partial charge in [0.15, 0.2) is 4.32 Å². The van der Waals surface area contributed by atoms with Gasteiger partial charge in [-0.1, -0.05) is 53.2 Å². The van der Waals surface area contributed by atoms with Gasteiger partial charge >= 0.3 is 0 Å². The van der Waals surface area contributed by atoms with Crippen molar-refractivity contribution >= 4 is 63.6 Å². The van der Waals surface area contributed by atoms with E-state index in [2.05, 4.69) is 10.2 Å². The summed E-state index contributed by atoms with van der Waals surface area (Å²) in [5, 5.41) is 10.7. The molecule has 3 rings (SSSR count). The second kappa shape index (κ2) is 6.60. The molecule has 2 heterocycles. The zero-order valence-corrected chi connectivity index (χ0v) is 15.0. The summed E-state index contributed by atoms with van der Waals surface area (Å²) >= 11 is 18.8. The van der Waals surface area contributed by atoms with Crippen molar-refractivity contribution in [1.82, 2.24) is 14.8 Å². The Hall–Kier alpha value is -1.41. The van der Waals surface area contributed by atoms with E-state index in [0.717, 1.165) is 5.69 Å². The van der Waals surface area contributed by atoms with Crippen molar-refractivity contribution in [2.45, 2.75) is 6.92 Å². The quantitative estimate of drug-likeness (QED) is 0.598. The fraction of sp³-hybridized carbons (Fsp3) is 0.143. The third-order valence-electron chi connectivity index (χ3n) is 3.13. The number of thiocarbonyl (C=S) groups is 1. The fourth-order valence-corrected chi connectivity index (χ4v) is 3.48. The third-order valence-corrected chi connectivity index (χ3v) is 5.07. The monoisotopic (exact) mass is 384 g/mol. The predicted octanol–water partition coefficient (Wildman–Crippen LogP) is 3.68. The summed E-state index contributed by atoms with van der Waals surface area (Å²) < 4.78 is 2.01. The molecule has 1 saturated heterocycles. The van der Waals surface area contributed by atoms with Crippen LogP contribution in [-0.4, -0.2) is 37.0 Å². The number of carbonyl (C=O) groups is 1. The zero-order chi connectivity index (χ0) is 16.6. The lowest BCUT2D eigenvalue weighted by molar-refractivity contribution is -0.123. The summed E-state index contributed by atoms with van der Waals surface area (Å²) in [6.07, 6.45) is 1.50.